The van der Waals surface area contributed by atoms with Crippen LogP contribution in [-0.4, -0.2) is 13.2 Å². The van der Waals surface area contributed by atoms with Gasteiger partial charge in [-0.2, -0.15) is 0 Å². The molecule has 0 aliphatic carbocycles. The fourth-order valence-electron chi connectivity index (χ4n) is 1.06. The maximum atomic E-state index is 5.42. The second-order valence-corrected chi connectivity index (χ2v) is 2.95. The van der Waals surface area contributed by atoms with E-state index in [-0.39, 0.29) is 0 Å². The summed E-state index contributed by atoms with van der Waals surface area (Å²) < 4.78 is 10.8. The second kappa shape index (κ2) is 5.02. The van der Waals surface area contributed by atoms with Crippen LogP contribution < -0.4 is 9.47 Å². The number of hydrogen-bond donors (Lipinski definition) is 1. The molecule has 72 valence electrons. The lowest BCUT2D eigenvalue weighted by Gasteiger charge is -2.11. The maximum absolute atomic E-state index is 5.42. The highest BCUT2D eigenvalue weighted by Gasteiger charge is 2.06. The van der Waals surface area contributed by atoms with Crippen LogP contribution in [0.15, 0.2) is 23.1 Å². The zero-order chi connectivity index (χ0) is 9.68. The molecule has 0 amide bonds. The molecule has 0 radical (unpaired) electrons. The topological polar surface area (TPSA) is 18.5 Å². The summed E-state index contributed by atoms with van der Waals surface area (Å²) in [5, 5.41) is 0. The van der Waals surface area contributed by atoms with Crippen LogP contribution in [0.2, 0.25) is 0 Å². The Morgan fingerprint density at radius 1 is 1.15 bits per heavy atom. The Morgan fingerprint density at radius 3 is 2.46 bits per heavy atom. The predicted octanol–water partition coefficient (Wildman–Crippen LogP) is 2.77. The van der Waals surface area contributed by atoms with Crippen molar-refractivity contribution in [3.8, 4) is 11.5 Å². The van der Waals surface area contributed by atoms with Crippen molar-refractivity contribution in [2.24, 2.45) is 0 Å². The molecule has 0 spiro atoms. The SMILES string of the molecule is CCOc1cccc(S)c1OCC. The van der Waals surface area contributed by atoms with Crippen LogP contribution in [-0.2, 0) is 0 Å². The van der Waals surface area contributed by atoms with E-state index in [0.717, 1.165) is 16.4 Å². The molecule has 0 fully saturated rings. The van der Waals surface area contributed by atoms with Gasteiger partial charge in [-0.1, -0.05) is 6.07 Å². The van der Waals surface area contributed by atoms with E-state index in [1.165, 1.54) is 0 Å². The molecule has 0 aliphatic heterocycles. The molecule has 0 atom stereocenters. The van der Waals surface area contributed by atoms with E-state index in [1.807, 2.05) is 32.0 Å². The smallest absolute Gasteiger partial charge is 0.174 e. The number of ether oxygens (including phenoxy) is 2. The zero-order valence-electron chi connectivity index (χ0n) is 7.91. The summed E-state index contributed by atoms with van der Waals surface area (Å²) in [5.41, 5.74) is 0. The molecule has 0 N–H and O–H groups in total. The Kier molecular flexibility index (Phi) is 3.96. The normalized spacial score (nSPS) is 9.77. The Morgan fingerprint density at radius 2 is 1.85 bits per heavy atom. The van der Waals surface area contributed by atoms with Crippen molar-refractivity contribution in [1.82, 2.24) is 0 Å². The van der Waals surface area contributed by atoms with E-state index in [9.17, 15) is 0 Å². The van der Waals surface area contributed by atoms with Gasteiger partial charge in [0.25, 0.3) is 0 Å². The lowest BCUT2D eigenvalue weighted by molar-refractivity contribution is 0.282. The van der Waals surface area contributed by atoms with Crippen LogP contribution in [0.3, 0.4) is 0 Å². The largest absolute Gasteiger partial charge is 0.490 e. The van der Waals surface area contributed by atoms with Crippen molar-refractivity contribution in [3.05, 3.63) is 18.2 Å². The molecule has 1 aromatic rings. The summed E-state index contributed by atoms with van der Waals surface area (Å²) in [4.78, 5) is 0.813. The van der Waals surface area contributed by atoms with Gasteiger partial charge in [-0.15, -0.1) is 12.6 Å². The van der Waals surface area contributed by atoms with Gasteiger partial charge in [0.05, 0.1) is 18.1 Å². The van der Waals surface area contributed by atoms with Crippen LogP contribution in [0, 0.1) is 0 Å². The third kappa shape index (κ3) is 2.56. The molecule has 0 bridgehead atoms. The highest BCUT2D eigenvalue weighted by Crippen LogP contribution is 2.33. The highest BCUT2D eigenvalue weighted by molar-refractivity contribution is 7.80. The van der Waals surface area contributed by atoms with E-state index >= 15 is 0 Å². The molecule has 3 heteroatoms. The van der Waals surface area contributed by atoms with Crippen molar-refractivity contribution in [3.63, 3.8) is 0 Å². The van der Waals surface area contributed by atoms with E-state index in [2.05, 4.69) is 12.6 Å². The molecule has 2 nitrogen and oxygen atoms in total. The fraction of sp³-hybridized carbons (Fsp3) is 0.400. The number of benzene rings is 1. The molecule has 0 saturated carbocycles. The van der Waals surface area contributed by atoms with Crippen molar-refractivity contribution >= 4 is 12.6 Å². The Balaban J connectivity index is 2.95. The Hall–Kier alpha value is -0.830. The molecule has 0 heterocycles. The van der Waals surface area contributed by atoms with Gasteiger partial charge in [0.2, 0.25) is 0 Å². The minimum atomic E-state index is 0.623. The second-order valence-electron chi connectivity index (χ2n) is 2.47. The number of thiol groups is 1. The third-order valence-electron chi connectivity index (χ3n) is 1.55. The van der Waals surface area contributed by atoms with Gasteiger partial charge in [-0.3, -0.25) is 0 Å². The summed E-state index contributed by atoms with van der Waals surface area (Å²) in [6.07, 6.45) is 0. The zero-order valence-corrected chi connectivity index (χ0v) is 8.80. The number of rotatable bonds is 4. The molecule has 0 aliphatic rings. The summed E-state index contributed by atoms with van der Waals surface area (Å²) in [6.45, 7) is 5.14. The minimum Gasteiger partial charge on any atom is -0.490 e. The van der Waals surface area contributed by atoms with Crippen LogP contribution >= 0.6 is 12.6 Å². The van der Waals surface area contributed by atoms with Crippen LogP contribution in [0.5, 0.6) is 11.5 Å². The summed E-state index contributed by atoms with van der Waals surface area (Å²) >= 11 is 4.29. The van der Waals surface area contributed by atoms with Crippen molar-refractivity contribution in [1.29, 1.82) is 0 Å². The first-order chi connectivity index (χ1) is 6.29. The van der Waals surface area contributed by atoms with Gasteiger partial charge in [-0.05, 0) is 26.0 Å². The number of para-hydroxylation sites is 1. The summed E-state index contributed by atoms with van der Waals surface area (Å²) in [7, 11) is 0. The molecular formula is C10H14O2S. The standard InChI is InChI=1S/C10H14O2S/c1-3-11-8-6-5-7-9(13)10(8)12-4-2/h5-7,13H,3-4H2,1-2H3. The van der Waals surface area contributed by atoms with E-state index in [0.29, 0.717) is 13.2 Å². The monoisotopic (exact) mass is 198 g/mol. The van der Waals surface area contributed by atoms with Gasteiger partial charge >= 0.3 is 0 Å². The predicted molar refractivity (Wildman–Crippen MR) is 56.0 cm³/mol. The van der Waals surface area contributed by atoms with Crippen molar-refractivity contribution in [2.75, 3.05) is 13.2 Å². The fourth-order valence-corrected chi connectivity index (χ4v) is 1.32. The molecule has 0 unspecified atom stereocenters. The van der Waals surface area contributed by atoms with E-state index < -0.39 is 0 Å². The molecule has 13 heavy (non-hydrogen) atoms. The molecular weight excluding hydrogens is 184 g/mol. The molecule has 1 rings (SSSR count). The Bertz CT molecular complexity index is 274. The third-order valence-corrected chi connectivity index (χ3v) is 1.90. The summed E-state index contributed by atoms with van der Waals surface area (Å²) in [6, 6.07) is 5.67. The molecule has 1 aromatic carbocycles. The first kappa shape index (κ1) is 10.3. The number of hydrogen-bond acceptors (Lipinski definition) is 3. The quantitative estimate of drug-likeness (QED) is 0.750. The Labute approximate surface area is 84.3 Å². The maximum Gasteiger partial charge on any atom is 0.174 e. The van der Waals surface area contributed by atoms with Gasteiger partial charge < -0.3 is 9.47 Å². The van der Waals surface area contributed by atoms with Gasteiger partial charge in [0, 0.05) is 0 Å². The van der Waals surface area contributed by atoms with Gasteiger partial charge in [-0.25, -0.2) is 0 Å². The van der Waals surface area contributed by atoms with Crippen LogP contribution in [0.25, 0.3) is 0 Å². The van der Waals surface area contributed by atoms with Crippen LogP contribution in [0.1, 0.15) is 13.8 Å². The van der Waals surface area contributed by atoms with Crippen LogP contribution in [0.4, 0.5) is 0 Å². The average Bonchev–Trinajstić information content (AvgIpc) is 2.11. The highest BCUT2D eigenvalue weighted by atomic mass is 32.1. The molecule has 0 aromatic heterocycles. The van der Waals surface area contributed by atoms with Crippen molar-refractivity contribution in [2.45, 2.75) is 18.7 Å². The van der Waals surface area contributed by atoms with Gasteiger partial charge in [0.15, 0.2) is 11.5 Å². The first-order valence-electron chi connectivity index (χ1n) is 4.37. The van der Waals surface area contributed by atoms with Crippen molar-refractivity contribution < 1.29 is 9.47 Å². The van der Waals surface area contributed by atoms with E-state index in [4.69, 9.17) is 9.47 Å². The first-order valence-corrected chi connectivity index (χ1v) is 4.81. The lowest BCUT2D eigenvalue weighted by Crippen LogP contribution is -1.98. The lowest BCUT2D eigenvalue weighted by atomic mass is 10.3. The van der Waals surface area contributed by atoms with E-state index in [1.54, 1.807) is 0 Å². The van der Waals surface area contributed by atoms with Gasteiger partial charge in [0.1, 0.15) is 0 Å². The minimum absolute atomic E-state index is 0.623. The molecule has 0 saturated heterocycles. The summed E-state index contributed by atoms with van der Waals surface area (Å²) in [5.74, 6) is 1.49. The average molecular weight is 198 g/mol.